The van der Waals surface area contributed by atoms with Crippen molar-refractivity contribution in [3.63, 3.8) is 0 Å². The number of hydrogen-bond acceptors (Lipinski definition) is 4. The van der Waals surface area contributed by atoms with Crippen molar-refractivity contribution in [3.8, 4) is 11.5 Å². The maximum Gasteiger partial charge on any atom is 0.200 e. The molecule has 0 saturated heterocycles. The van der Waals surface area contributed by atoms with Gasteiger partial charge in [-0.25, -0.2) is 0 Å². The van der Waals surface area contributed by atoms with Crippen LogP contribution in [0.5, 0.6) is 11.5 Å². The summed E-state index contributed by atoms with van der Waals surface area (Å²) in [6.45, 7) is 0. The summed E-state index contributed by atoms with van der Waals surface area (Å²) in [5, 5.41) is 19.3. The Morgan fingerprint density at radius 1 is 0.941 bits per heavy atom. The van der Waals surface area contributed by atoms with Gasteiger partial charge in [-0.2, -0.15) is 0 Å². The van der Waals surface area contributed by atoms with Crippen molar-refractivity contribution >= 4 is 11.5 Å². The van der Waals surface area contributed by atoms with Gasteiger partial charge in [-0.1, -0.05) is 18.2 Å². The minimum Gasteiger partial charge on any atom is -0.507 e. The number of nitrogens with two attached hydrogens (primary N) is 1. The molecule has 0 saturated carbocycles. The number of rotatable bonds is 2. The molecule has 0 aromatic heterocycles. The summed E-state index contributed by atoms with van der Waals surface area (Å²) in [5.74, 6) is -0.854. The van der Waals surface area contributed by atoms with Gasteiger partial charge in [0, 0.05) is 0 Å². The number of carbonyl (C=O) groups excluding carboxylic acids is 1. The number of carbonyl (C=O) groups is 1. The number of ketones is 1. The van der Waals surface area contributed by atoms with Crippen LogP contribution in [0.4, 0.5) is 5.69 Å². The smallest absolute Gasteiger partial charge is 0.200 e. The van der Waals surface area contributed by atoms with Gasteiger partial charge in [0.1, 0.15) is 11.5 Å². The van der Waals surface area contributed by atoms with Gasteiger partial charge in [0.25, 0.3) is 0 Å². The van der Waals surface area contributed by atoms with Gasteiger partial charge in [-0.05, 0) is 24.3 Å². The predicted molar refractivity (Wildman–Crippen MR) is 64.1 cm³/mol. The van der Waals surface area contributed by atoms with E-state index in [1.807, 2.05) is 0 Å². The molecule has 4 nitrogen and oxygen atoms in total. The van der Waals surface area contributed by atoms with E-state index in [4.69, 9.17) is 5.73 Å². The standard InChI is InChI=1S/C13H11NO3/c14-10-6-3-5-9(13(10)17)12(16)8-4-1-2-7-11(8)15/h1-7,15,17H,14H2. The first-order chi connectivity index (χ1) is 8.11. The second-order valence-electron chi connectivity index (χ2n) is 3.59. The van der Waals surface area contributed by atoms with Gasteiger partial charge in [0.05, 0.1) is 16.8 Å². The van der Waals surface area contributed by atoms with Crippen molar-refractivity contribution in [2.45, 2.75) is 0 Å². The van der Waals surface area contributed by atoms with Crippen molar-refractivity contribution in [1.29, 1.82) is 0 Å². The molecule has 2 rings (SSSR count). The van der Waals surface area contributed by atoms with Crippen LogP contribution in [0.25, 0.3) is 0 Å². The molecule has 0 radical (unpaired) electrons. The molecule has 0 aliphatic rings. The summed E-state index contributed by atoms with van der Waals surface area (Å²) in [7, 11) is 0. The van der Waals surface area contributed by atoms with Crippen LogP contribution in [0.15, 0.2) is 42.5 Å². The Bertz CT molecular complexity index is 579. The Morgan fingerprint density at radius 2 is 1.59 bits per heavy atom. The van der Waals surface area contributed by atoms with Gasteiger partial charge in [0.15, 0.2) is 0 Å². The zero-order valence-electron chi connectivity index (χ0n) is 8.92. The monoisotopic (exact) mass is 229 g/mol. The first-order valence-corrected chi connectivity index (χ1v) is 5.01. The van der Waals surface area contributed by atoms with Crippen LogP contribution >= 0.6 is 0 Å². The van der Waals surface area contributed by atoms with Crippen molar-refractivity contribution < 1.29 is 15.0 Å². The highest BCUT2D eigenvalue weighted by Gasteiger charge is 2.17. The molecule has 0 unspecified atom stereocenters. The lowest BCUT2D eigenvalue weighted by molar-refractivity contribution is 0.103. The Kier molecular flexibility index (Phi) is 2.70. The van der Waals surface area contributed by atoms with E-state index in [2.05, 4.69) is 0 Å². The molecular formula is C13H11NO3. The van der Waals surface area contributed by atoms with Crippen LogP contribution < -0.4 is 5.73 Å². The number of phenolic OH excluding ortho intramolecular Hbond substituents is 2. The van der Waals surface area contributed by atoms with Crippen molar-refractivity contribution in [2.24, 2.45) is 0 Å². The fraction of sp³-hybridized carbons (Fsp3) is 0. The summed E-state index contributed by atoms with van der Waals surface area (Å²) < 4.78 is 0. The summed E-state index contributed by atoms with van der Waals surface area (Å²) in [4.78, 5) is 12.1. The van der Waals surface area contributed by atoms with Crippen LogP contribution in [0.3, 0.4) is 0 Å². The molecule has 0 amide bonds. The molecule has 0 bridgehead atoms. The third kappa shape index (κ3) is 1.92. The lowest BCUT2D eigenvalue weighted by atomic mass is 10.0. The molecule has 17 heavy (non-hydrogen) atoms. The molecule has 2 aromatic carbocycles. The van der Waals surface area contributed by atoms with E-state index < -0.39 is 5.78 Å². The van der Waals surface area contributed by atoms with Crippen LogP contribution in [0.2, 0.25) is 0 Å². The molecule has 0 spiro atoms. The molecule has 0 atom stereocenters. The van der Waals surface area contributed by atoms with Crippen LogP contribution in [-0.4, -0.2) is 16.0 Å². The maximum atomic E-state index is 12.1. The molecule has 4 heteroatoms. The first-order valence-electron chi connectivity index (χ1n) is 5.01. The normalized spacial score (nSPS) is 10.1. The highest BCUT2D eigenvalue weighted by molar-refractivity contribution is 6.12. The number of phenols is 2. The molecule has 0 fully saturated rings. The predicted octanol–water partition coefficient (Wildman–Crippen LogP) is 1.91. The molecule has 2 aromatic rings. The summed E-state index contributed by atoms with van der Waals surface area (Å²) in [5.41, 5.74) is 5.85. The number of anilines is 1. The van der Waals surface area contributed by atoms with E-state index in [-0.39, 0.29) is 28.3 Å². The molecule has 0 heterocycles. The van der Waals surface area contributed by atoms with E-state index in [0.29, 0.717) is 0 Å². The van der Waals surface area contributed by atoms with Gasteiger partial charge in [0.2, 0.25) is 5.78 Å². The number of hydrogen-bond donors (Lipinski definition) is 3. The lowest BCUT2D eigenvalue weighted by Crippen LogP contribution is -2.03. The average Bonchev–Trinajstić information content (AvgIpc) is 2.32. The number of benzene rings is 2. The van der Waals surface area contributed by atoms with Crippen molar-refractivity contribution in [1.82, 2.24) is 0 Å². The second kappa shape index (κ2) is 4.17. The van der Waals surface area contributed by atoms with E-state index in [0.717, 1.165) is 0 Å². The molecular weight excluding hydrogens is 218 g/mol. The fourth-order valence-corrected chi connectivity index (χ4v) is 1.56. The van der Waals surface area contributed by atoms with Crippen LogP contribution in [-0.2, 0) is 0 Å². The molecule has 0 aliphatic heterocycles. The molecule has 4 N–H and O–H groups in total. The zero-order chi connectivity index (χ0) is 12.4. The fourth-order valence-electron chi connectivity index (χ4n) is 1.56. The number of para-hydroxylation sites is 2. The minimum absolute atomic E-state index is 0.0755. The van der Waals surface area contributed by atoms with Crippen molar-refractivity contribution in [3.05, 3.63) is 53.6 Å². The SMILES string of the molecule is Nc1cccc(C(=O)c2ccccc2O)c1O. The first kappa shape index (κ1) is 11.0. The van der Waals surface area contributed by atoms with Gasteiger partial charge in [-0.15, -0.1) is 0 Å². The minimum atomic E-state index is -0.465. The van der Waals surface area contributed by atoms with E-state index in [9.17, 15) is 15.0 Å². The second-order valence-corrected chi connectivity index (χ2v) is 3.59. The van der Waals surface area contributed by atoms with Crippen LogP contribution in [0, 0.1) is 0 Å². The van der Waals surface area contributed by atoms with Gasteiger partial charge < -0.3 is 15.9 Å². The quantitative estimate of drug-likeness (QED) is 0.417. The average molecular weight is 229 g/mol. The number of aromatic hydroxyl groups is 2. The third-order valence-corrected chi connectivity index (χ3v) is 2.46. The highest BCUT2D eigenvalue weighted by atomic mass is 16.3. The van der Waals surface area contributed by atoms with E-state index in [1.54, 1.807) is 18.2 Å². The van der Waals surface area contributed by atoms with Crippen molar-refractivity contribution in [2.75, 3.05) is 5.73 Å². The Balaban J connectivity index is 2.52. The zero-order valence-corrected chi connectivity index (χ0v) is 8.92. The molecule has 0 aliphatic carbocycles. The highest BCUT2D eigenvalue weighted by Crippen LogP contribution is 2.28. The van der Waals surface area contributed by atoms with E-state index in [1.165, 1.54) is 24.3 Å². The summed E-state index contributed by atoms with van der Waals surface area (Å²) >= 11 is 0. The Labute approximate surface area is 97.9 Å². The van der Waals surface area contributed by atoms with Gasteiger partial charge >= 0.3 is 0 Å². The van der Waals surface area contributed by atoms with E-state index >= 15 is 0 Å². The number of nitrogen functional groups attached to an aromatic ring is 1. The van der Waals surface area contributed by atoms with Gasteiger partial charge in [-0.3, -0.25) is 4.79 Å². The third-order valence-electron chi connectivity index (χ3n) is 2.46. The lowest BCUT2D eigenvalue weighted by Gasteiger charge is -2.07. The topological polar surface area (TPSA) is 83.6 Å². The molecule has 86 valence electrons. The Morgan fingerprint density at radius 3 is 2.29 bits per heavy atom. The summed E-state index contributed by atoms with van der Waals surface area (Å²) in [6, 6.07) is 10.7. The Hall–Kier alpha value is -2.49. The largest absolute Gasteiger partial charge is 0.507 e. The van der Waals surface area contributed by atoms with Crippen LogP contribution in [0.1, 0.15) is 15.9 Å². The maximum absolute atomic E-state index is 12.1. The summed E-state index contributed by atoms with van der Waals surface area (Å²) in [6.07, 6.45) is 0.